The first-order chi connectivity index (χ1) is 10.0. The number of rotatable bonds is 2. The van der Waals surface area contributed by atoms with Crippen molar-refractivity contribution in [3.8, 4) is 11.5 Å². The lowest BCUT2D eigenvalue weighted by molar-refractivity contribution is -0.0855. The molecule has 0 saturated carbocycles. The standard InChI is InChI=1S/C15H19NO5/c1-8-3-10(4-9(2)20-8)21-15(17)11-5-13-14(6-12(11)16)19-7-18-13/h5-6,8-10H,3-4,7,16H2,1-2H3. The van der Waals surface area contributed by atoms with Gasteiger partial charge < -0.3 is 24.7 Å². The molecule has 1 aromatic rings. The smallest absolute Gasteiger partial charge is 0.340 e. The van der Waals surface area contributed by atoms with Crippen molar-refractivity contribution in [2.45, 2.75) is 45.0 Å². The van der Waals surface area contributed by atoms with Gasteiger partial charge in [0, 0.05) is 25.0 Å². The Labute approximate surface area is 123 Å². The van der Waals surface area contributed by atoms with Crippen LogP contribution in [0.2, 0.25) is 0 Å². The number of nitrogens with two attached hydrogens (primary N) is 1. The highest BCUT2D eigenvalue weighted by Gasteiger charge is 2.29. The lowest BCUT2D eigenvalue weighted by Crippen LogP contribution is -2.35. The van der Waals surface area contributed by atoms with Crippen molar-refractivity contribution in [3.05, 3.63) is 17.7 Å². The molecule has 0 spiro atoms. The molecule has 2 unspecified atom stereocenters. The van der Waals surface area contributed by atoms with Gasteiger partial charge in [0.05, 0.1) is 23.5 Å². The number of ether oxygens (including phenoxy) is 4. The Kier molecular flexibility index (Phi) is 3.63. The number of fused-ring (bicyclic) bond motifs is 1. The number of hydrogen-bond donors (Lipinski definition) is 1. The largest absolute Gasteiger partial charge is 0.459 e. The molecular formula is C15H19NO5. The van der Waals surface area contributed by atoms with E-state index < -0.39 is 5.97 Å². The summed E-state index contributed by atoms with van der Waals surface area (Å²) in [5, 5.41) is 0. The van der Waals surface area contributed by atoms with Crippen molar-refractivity contribution in [2.24, 2.45) is 0 Å². The van der Waals surface area contributed by atoms with E-state index in [0.717, 1.165) is 0 Å². The van der Waals surface area contributed by atoms with Gasteiger partial charge in [-0.15, -0.1) is 0 Å². The topological polar surface area (TPSA) is 80.0 Å². The average Bonchev–Trinajstić information content (AvgIpc) is 2.83. The zero-order chi connectivity index (χ0) is 15.0. The molecule has 0 aromatic heterocycles. The third kappa shape index (κ3) is 2.90. The minimum atomic E-state index is -0.433. The van der Waals surface area contributed by atoms with Gasteiger partial charge in [-0.05, 0) is 13.8 Å². The van der Waals surface area contributed by atoms with E-state index in [2.05, 4.69) is 0 Å². The second kappa shape index (κ2) is 5.44. The molecule has 1 fully saturated rings. The van der Waals surface area contributed by atoms with Gasteiger partial charge in [0.2, 0.25) is 6.79 Å². The first-order valence-electron chi connectivity index (χ1n) is 7.08. The summed E-state index contributed by atoms with van der Waals surface area (Å²) in [7, 11) is 0. The van der Waals surface area contributed by atoms with Gasteiger partial charge in [-0.2, -0.15) is 0 Å². The second-order valence-electron chi connectivity index (χ2n) is 5.55. The van der Waals surface area contributed by atoms with Crippen LogP contribution in [0, 0.1) is 0 Å². The lowest BCUT2D eigenvalue weighted by atomic mass is 10.0. The molecule has 2 heterocycles. The van der Waals surface area contributed by atoms with E-state index in [4.69, 9.17) is 24.7 Å². The van der Waals surface area contributed by atoms with Crippen molar-refractivity contribution in [3.63, 3.8) is 0 Å². The minimum absolute atomic E-state index is 0.0839. The monoisotopic (exact) mass is 293 g/mol. The molecule has 6 heteroatoms. The normalized spacial score (nSPS) is 27.4. The molecule has 2 aliphatic heterocycles. The summed E-state index contributed by atoms with van der Waals surface area (Å²) in [6.45, 7) is 4.10. The van der Waals surface area contributed by atoms with Gasteiger partial charge in [-0.1, -0.05) is 0 Å². The summed E-state index contributed by atoms with van der Waals surface area (Å²) in [6.07, 6.45) is 1.41. The summed E-state index contributed by atoms with van der Waals surface area (Å²) in [5.41, 5.74) is 6.54. The fourth-order valence-electron chi connectivity index (χ4n) is 2.79. The summed E-state index contributed by atoms with van der Waals surface area (Å²) < 4.78 is 21.7. The van der Waals surface area contributed by atoms with Crippen LogP contribution in [0.15, 0.2) is 12.1 Å². The van der Waals surface area contributed by atoms with Crippen molar-refractivity contribution in [2.75, 3.05) is 12.5 Å². The predicted molar refractivity (Wildman–Crippen MR) is 75.4 cm³/mol. The Hall–Kier alpha value is -1.95. The van der Waals surface area contributed by atoms with Crippen LogP contribution in [0.1, 0.15) is 37.0 Å². The SMILES string of the molecule is CC1CC(OC(=O)c2cc3c(cc2N)OCO3)CC(C)O1. The van der Waals surface area contributed by atoms with Crippen LogP contribution in [-0.2, 0) is 9.47 Å². The molecule has 0 aliphatic carbocycles. The van der Waals surface area contributed by atoms with E-state index in [-0.39, 0.29) is 25.1 Å². The Bertz CT molecular complexity index is 549. The molecule has 0 amide bonds. The molecule has 2 N–H and O–H groups in total. The number of hydrogen-bond acceptors (Lipinski definition) is 6. The Morgan fingerprint density at radius 3 is 2.48 bits per heavy atom. The van der Waals surface area contributed by atoms with Gasteiger partial charge in [0.25, 0.3) is 0 Å². The fourth-order valence-corrected chi connectivity index (χ4v) is 2.79. The Morgan fingerprint density at radius 2 is 1.81 bits per heavy atom. The minimum Gasteiger partial charge on any atom is -0.459 e. The third-order valence-electron chi connectivity index (χ3n) is 3.69. The molecule has 114 valence electrons. The molecule has 0 radical (unpaired) electrons. The van der Waals surface area contributed by atoms with Crippen LogP contribution in [0.25, 0.3) is 0 Å². The van der Waals surface area contributed by atoms with Crippen molar-refractivity contribution in [1.29, 1.82) is 0 Å². The molecule has 1 saturated heterocycles. The van der Waals surface area contributed by atoms with Gasteiger partial charge >= 0.3 is 5.97 Å². The summed E-state index contributed by atoms with van der Waals surface area (Å²) in [5.74, 6) is 0.638. The lowest BCUT2D eigenvalue weighted by Gasteiger charge is -2.31. The highest BCUT2D eigenvalue weighted by molar-refractivity contribution is 5.96. The molecule has 0 bridgehead atoms. The quantitative estimate of drug-likeness (QED) is 0.664. The Morgan fingerprint density at radius 1 is 1.19 bits per heavy atom. The van der Waals surface area contributed by atoms with Crippen LogP contribution >= 0.6 is 0 Å². The van der Waals surface area contributed by atoms with E-state index in [1.54, 1.807) is 12.1 Å². The number of carbonyl (C=O) groups is 1. The van der Waals surface area contributed by atoms with Crippen LogP contribution in [-0.4, -0.2) is 31.1 Å². The molecule has 21 heavy (non-hydrogen) atoms. The van der Waals surface area contributed by atoms with Gasteiger partial charge in [0.15, 0.2) is 11.5 Å². The molecule has 2 atom stereocenters. The maximum Gasteiger partial charge on any atom is 0.340 e. The molecule has 2 aliphatic rings. The third-order valence-corrected chi connectivity index (χ3v) is 3.69. The van der Waals surface area contributed by atoms with Gasteiger partial charge in [0.1, 0.15) is 6.10 Å². The van der Waals surface area contributed by atoms with E-state index in [0.29, 0.717) is 35.6 Å². The molecule has 3 rings (SSSR count). The van der Waals surface area contributed by atoms with Crippen LogP contribution in [0.4, 0.5) is 5.69 Å². The number of anilines is 1. The van der Waals surface area contributed by atoms with Gasteiger partial charge in [-0.25, -0.2) is 4.79 Å². The van der Waals surface area contributed by atoms with Crippen LogP contribution in [0.5, 0.6) is 11.5 Å². The first-order valence-corrected chi connectivity index (χ1v) is 7.08. The summed E-state index contributed by atoms with van der Waals surface area (Å²) >= 11 is 0. The second-order valence-corrected chi connectivity index (χ2v) is 5.55. The highest BCUT2D eigenvalue weighted by Crippen LogP contribution is 2.36. The van der Waals surface area contributed by atoms with Gasteiger partial charge in [-0.3, -0.25) is 0 Å². The maximum absolute atomic E-state index is 12.3. The van der Waals surface area contributed by atoms with E-state index >= 15 is 0 Å². The number of nitrogen functional groups attached to an aromatic ring is 1. The number of benzene rings is 1. The van der Waals surface area contributed by atoms with Crippen molar-refractivity contribution >= 4 is 11.7 Å². The maximum atomic E-state index is 12.3. The fraction of sp³-hybridized carbons (Fsp3) is 0.533. The van der Waals surface area contributed by atoms with Crippen LogP contribution < -0.4 is 15.2 Å². The zero-order valence-corrected chi connectivity index (χ0v) is 12.1. The molecular weight excluding hydrogens is 274 g/mol. The average molecular weight is 293 g/mol. The molecule has 6 nitrogen and oxygen atoms in total. The van der Waals surface area contributed by atoms with E-state index in [1.807, 2.05) is 13.8 Å². The van der Waals surface area contributed by atoms with E-state index in [1.165, 1.54) is 0 Å². The van der Waals surface area contributed by atoms with E-state index in [9.17, 15) is 4.79 Å². The van der Waals surface area contributed by atoms with Crippen molar-refractivity contribution < 1.29 is 23.7 Å². The molecule has 1 aromatic carbocycles. The summed E-state index contributed by atoms with van der Waals surface area (Å²) in [6, 6.07) is 3.17. The van der Waals surface area contributed by atoms with Crippen LogP contribution in [0.3, 0.4) is 0 Å². The zero-order valence-electron chi connectivity index (χ0n) is 12.1. The number of carbonyl (C=O) groups excluding carboxylic acids is 1. The predicted octanol–water partition coefficient (Wildman–Crippen LogP) is 2.11. The first kappa shape index (κ1) is 14.0. The number of esters is 1. The van der Waals surface area contributed by atoms with Crippen molar-refractivity contribution in [1.82, 2.24) is 0 Å². The Balaban J connectivity index is 1.73. The summed E-state index contributed by atoms with van der Waals surface area (Å²) in [4.78, 5) is 12.3. The highest BCUT2D eigenvalue weighted by atomic mass is 16.7.